The molecule has 2 aromatic carbocycles. The molecule has 2 aromatic rings. The molecular formula is C17H14Cl6N2S. The van der Waals surface area contributed by atoms with Crippen molar-refractivity contribution in [2.45, 2.75) is 22.5 Å². The molecule has 2 nitrogen and oxygen atoms in total. The maximum absolute atomic E-state index is 6.41. The Kier molecular flexibility index (Phi) is 9.02. The van der Waals surface area contributed by atoms with E-state index < -0.39 is 0 Å². The highest BCUT2D eigenvalue weighted by molar-refractivity contribution is 7.97. The average molecular weight is 491 g/mol. The molecule has 26 heavy (non-hydrogen) atoms. The summed E-state index contributed by atoms with van der Waals surface area (Å²) >= 11 is 38.3. The van der Waals surface area contributed by atoms with Gasteiger partial charge in [0.1, 0.15) is 6.34 Å². The van der Waals surface area contributed by atoms with Gasteiger partial charge in [0.2, 0.25) is 0 Å². The summed E-state index contributed by atoms with van der Waals surface area (Å²) in [5, 5.41) is 1.54. The minimum Gasteiger partial charge on any atom is -0.306 e. The Morgan fingerprint density at radius 1 is 0.885 bits per heavy atom. The Morgan fingerprint density at radius 2 is 1.38 bits per heavy atom. The Bertz CT molecular complexity index is 764. The molecule has 0 aliphatic rings. The molecule has 0 saturated carbocycles. The van der Waals surface area contributed by atoms with E-state index in [1.165, 1.54) is 11.9 Å². The highest BCUT2D eigenvalue weighted by Crippen LogP contribution is 2.42. The molecule has 2 rings (SSSR count). The second-order valence-corrected chi connectivity index (χ2v) is 8.37. The van der Waals surface area contributed by atoms with Gasteiger partial charge in [0.05, 0.1) is 33.4 Å². The first kappa shape index (κ1) is 22.3. The van der Waals surface area contributed by atoms with Crippen LogP contribution in [-0.2, 0) is 17.6 Å². The second-order valence-electron chi connectivity index (χ2n) is 5.15. The van der Waals surface area contributed by atoms with Gasteiger partial charge in [0.25, 0.3) is 0 Å². The molecule has 0 radical (unpaired) electrons. The summed E-state index contributed by atoms with van der Waals surface area (Å²) in [5.41, 5.74) is 2.50. The highest BCUT2D eigenvalue weighted by Gasteiger charge is 2.20. The first-order valence-corrected chi connectivity index (χ1v) is 10.8. The molecule has 0 aromatic heterocycles. The quantitative estimate of drug-likeness (QED) is 0.168. The number of benzene rings is 2. The van der Waals surface area contributed by atoms with Crippen LogP contribution in [0.15, 0.2) is 34.2 Å². The number of aliphatic imine (C=N–C) groups is 1. The fourth-order valence-electron chi connectivity index (χ4n) is 2.19. The number of hydrogen-bond acceptors (Lipinski definition) is 2. The van der Waals surface area contributed by atoms with Crippen LogP contribution < -0.4 is 0 Å². The van der Waals surface area contributed by atoms with E-state index in [1.54, 1.807) is 6.34 Å². The summed E-state index contributed by atoms with van der Waals surface area (Å²) in [6.07, 6.45) is 1.66. The monoisotopic (exact) mass is 488 g/mol. The number of alkyl halides is 3. The second kappa shape index (κ2) is 10.5. The number of halogens is 6. The standard InChI is InChI=1S/C17H14Cl6N2S/c1-25(26-11-4-2-10(21)3-5-11)9-24-17-13(7-19)15(22)12(6-18)16(23)14(17)8-20/h2-5,9H,6-8H2,1H3. The molecule has 0 amide bonds. The van der Waals surface area contributed by atoms with Crippen LogP contribution in [0.4, 0.5) is 5.69 Å². The molecular weight excluding hydrogens is 477 g/mol. The van der Waals surface area contributed by atoms with Crippen molar-refractivity contribution < 1.29 is 0 Å². The molecule has 0 aliphatic heterocycles. The van der Waals surface area contributed by atoms with E-state index in [-0.39, 0.29) is 17.6 Å². The highest BCUT2D eigenvalue weighted by atomic mass is 35.5. The zero-order chi connectivity index (χ0) is 19.3. The minimum atomic E-state index is 0.168. The van der Waals surface area contributed by atoms with Gasteiger partial charge in [-0.15, -0.1) is 34.8 Å². The van der Waals surface area contributed by atoms with Gasteiger partial charge < -0.3 is 4.31 Å². The van der Waals surface area contributed by atoms with Crippen molar-refractivity contribution in [3.8, 4) is 0 Å². The third kappa shape index (κ3) is 5.29. The van der Waals surface area contributed by atoms with Crippen LogP contribution in [0.1, 0.15) is 16.7 Å². The lowest BCUT2D eigenvalue weighted by atomic mass is 10.0. The van der Waals surface area contributed by atoms with E-state index in [0.29, 0.717) is 37.4 Å². The van der Waals surface area contributed by atoms with E-state index in [2.05, 4.69) is 4.99 Å². The van der Waals surface area contributed by atoms with Crippen molar-refractivity contribution in [3.63, 3.8) is 0 Å². The predicted octanol–water partition coefficient (Wildman–Crippen LogP) is 8.16. The van der Waals surface area contributed by atoms with Gasteiger partial charge in [-0.25, -0.2) is 4.99 Å². The molecule has 140 valence electrons. The molecule has 9 heteroatoms. The summed E-state index contributed by atoms with van der Waals surface area (Å²) < 4.78 is 1.84. The van der Waals surface area contributed by atoms with Crippen LogP contribution in [0.3, 0.4) is 0 Å². The van der Waals surface area contributed by atoms with Crippen LogP contribution >= 0.6 is 81.6 Å². The molecule has 0 aliphatic carbocycles. The van der Waals surface area contributed by atoms with Gasteiger partial charge >= 0.3 is 0 Å². The lowest BCUT2D eigenvalue weighted by molar-refractivity contribution is 0.868. The topological polar surface area (TPSA) is 15.6 Å². The number of rotatable bonds is 7. The van der Waals surface area contributed by atoms with E-state index in [0.717, 1.165) is 4.90 Å². The van der Waals surface area contributed by atoms with Crippen LogP contribution in [0.2, 0.25) is 15.1 Å². The van der Waals surface area contributed by atoms with Crippen LogP contribution in [0.25, 0.3) is 0 Å². The summed E-state index contributed by atoms with van der Waals surface area (Å²) in [5.74, 6) is 0.511. The number of hydrogen-bond donors (Lipinski definition) is 0. The first-order valence-electron chi connectivity index (χ1n) is 7.32. The molecule has 0 fully saturated rings. The molecule has 0 unspecified atom stereocenters. The van der Waals surface area contributed by atoms with Crippen molar-refractivity contribution >= 4 is 93.6 Å². The molecule has 0 heterocycles. The fourth-order valence-corrected chi connectivity index (χ4v) is 4.75. The van der Waals surface area contributed by atoms with Crippen LogP contribution in [0.5, 0.6) is 0 Å². The van der Waals surface area contributed by atoms with Gasteiger partial charge in [0.15, 0.2) is 0 Å². The van der Waals surface area contributed by atoms with Crippen molar-refractivity contribution in [2.24, 2.45) is 4.99 Å². The largest absolute Gasteiger partial charge is 0.306 e. The lowest BCUT2D eigenvalue weighted by Crippen LogP contribution is -2.06. The molecule has 0 N–H and O–H groups in total. The Morgan fingerprint density at radius 3 is 1.85 bits per heavy atom. The Labute approximate surface area is 187 Å². The molecule has 0 bridgehead atoms. The number of nitrogens with zero attached hydrogens (tertiary/aromatic N) is 2. The van der Waals surface area contributed by atoms with E-state index >= 15 is 0 Å². The third-order valence-corrected chi connectivity index (χ3v) is 6.28. The summed E-state index contributed by atoms with van der Waals surface area (Å²) in [6, 6.07) is 7.51. The first-order chi connectivity index (χ1) is 12.4. The van der Waals surface area contributed by atoms with Crippen molar-refractivity contribution in [2.75, 3.05) is 7.05 Å². The minimum absolute atomic E-state index is 0.168. The van der Waals surface area contributed by atoms with Crippen molar-refractivity contribution in [1.29, 1.82) is 0 Å². The Hall–Kier alpha value is -0.000000000000000167. The van der Waals surface area contributed by atoms with Gasteiger partial charge in [-0.2, -0.15) is 0 Å². The fraction of sp³-hybridized carbons (Fsp3) is 0.235. The molecule has 0 atom stereocenters. The zero-order valence-electron chi connectivity index (χ0n) is 13.6. The third-order valence-electron chi connectivity index (χ3n) is 3.44. The van der Waals surface area contributed by atoms with Gasteiger partial charge in [-0.3, -0.25) is 0 Å². The lowest BCUT2D eigenvalue weighted by Gasteiger charge is -2.17. The maximum Gasteiger partial charge on any atom is 0.101 e. The van der Waals surface area contributed by atoms with Gasteiger partial charge in [-0.1, -0.05) is 34.8 Å². The molecule has 0 saturated heterocycles. The predicted molar refractivity (Wildman–Crippen MR) is 118 cm³/mol. The summed E-state index contributed by atoms with van der Waals surface area (Å²) in [4.78, 5) is 5.55. The van der Waals surface area contributed by atoms with E-state index in [9.17, 15) is 0 Å². The summed E-state index contributed by atoms with van der Waals surface area (Å²) in [6.45, 7) is 0. The smallest absolute Gasteiger partial charge is 0.101 e. The van der Waals surface area contributed by atoms with Crippen molar-refractivity contribution in [3.05, 3.63) is 56.0 Å². The zero-order valence-corrected chi connectivity index (χ0v) is 18.9. The van der Waals surface area contributed by atoms with Crippen LogP contribution in [-0.4, -0.2) is 17.7 Å². The van der Waals surface area contributed by atoms with Crippen molar-refractivity contribution in [1.82, 2.24) is 4.31 Å². The van der Waals surface area contributed by atoms with Gasteiger partial charge in [0, 0.05) is 33.7 Å². The molecule has 0 spiro atoms. The summed E-state index contributed by atoms with van der Waals surface area (Å²) in [7, 11) is 1.87. The maximum atomic E-state index is 6.41. The van der Waals surface area contributed by atoms with Crippen LogP contribution in [0, 0.1) is 0 Å². The van der Waals surface area contributed by atoms with E-state index in [4.69, 9.17) is 69.6 Å². The Balaban J connectivity index is 2.34. The SMILES string of the molecule is CN(C=Nc1c(CCl)c(Cl)c(CCl)c(Cl)c1CCl)Sc1ccc(Cl)cc1. The normalized spacial score (nSPS) is 11.3. The average Bonchev–Trinajstić information content (AvgIpc) is 2.62. The van der Waals surface area contributed by atoms with Gasteiger partial charge in [-0.05, 0) is 36.2 Å². The van der Waals surface area contributed by atoms with E-state index in [1.807, 2.05) is 35.6 Å².